The van der Waals surface area contributed by atoms with Crippen LogP contribution in [0.4, 0.5) is 0 Å². The van der Waals surface area contributed by atoms with E-state index in [1.807, 2.05) is 0 Å². The molecule has 0 aromatic rings. The van der Waals surface area contributed by atoms with Crippen molar-refractivity contribution in [2.24, 2.45) is 11.7 Å². The van der Waals surface area contributed by atoms with Crippen LogP contribution in [0.5, 0.6) is 0 Å². The molecule has 3 N–H and O–H groups in total. The third-order valence-electron chi connectivity index (χ3n) is 1.62. The van der Waals surface area contributed by atoms with E-state index < -0.39 is 0 Å². The Morgan fingerprint density at radius 1 is 1.67 bits per heavy atom. The highest BCUT2D eigenvalue weighted by Gasteiger charge is 2.16. The van der Waals surface area contributed by atoms with Gasteiger partial charge in [0.05, 0.1) is 18.2 Å². The Labute approximate surface area is 54.8 Å². The molecule has 1 fully saturated rings. The monoisotopic (exact) mass is 125 g/mol. The molecular weight excluding hydrogens is 114 g/mol. The van der Waals surface area contributed by atoms with Crippen molar-refractivity contribution >= 4 is 0 Å². The maximum Gasteiger partial charge on any atom is 0.0657 e. The summed E-state index contributed by atoms with van der Waals surface area (Å²) in [5, 5.41) is 11.5. The van der Waals surface area contributed by atoms with Gasteiger partial charge in [-0.05, 0) is 19.4 Å². The molecule has 1 aliphatic heterocycles. The van der Waals surface area contributed by atoms with Crippen molar-refractivity contribution in [1.82, 2.24) is 5.32 Å². The van der Waals surface area contributed by atoms with E-state index in [0.717, 1.165) is 19.4 Å². The highest BCUT2D eigenvalue weighted by atomic mass is 15.0. The summed E-state index contributed by atoms with van der Waals surface area (Å²) in [4.78, 5) is 0. The van der Waals surface area contributed by atoms with Crippen LogP contribution in [0, 0.1) is 17.2 Å². The summed E-state index contributed by atoms with van der Waals surface area (Å²) in [6, 6.07) is 2.21. The number of nitrogens with zero attached hydrogens (tertiary/aromatic N) is 1. The molecule has 0 amide bonds. The smallest absolute Gasteiger partial charge is 0.0657 e. The van der Waals surface area contributed by atoms with Gasteiger partial charge < -0.3 is 11.1 Å². The number of nitrogens with one attached hydrogen (secondary N) is 1. The van der Waals surface area contributed by atoms with Crippen LogP contribution in [0.2, 0.25) is 0 Å². The minimum absolute atomic E-state index is 0.0448. The van der Waals surface area contributed by atoms with Gasteiger partial charge in [0.1, 0.15) is 0 Å². The Balaban J connectivity index is 2.34. The average molecular weight is 125 g/mol. The first-order valence-corrected chi connectivity index (χ1v) is 3.21. The molecule has 0 bridgehead atoms. The molecule has 50 valence electrons. The first-order valence-electron chi connectivity index (χ1n) is 3.21. The summed E-state index contributed by atoms with van der Waals surface area (Å²) < 4.78 is 0. The van der Waals surface area contributed by atoms with Crippen LogP contribution in [-0.2, 0) is 0 Å². The van der Waals surface area contributed by atoms with E-state index >= 15 is 0 Å². The first-order chi connectivity index (χ1) is 4.33. The summed E-state index contributed by atoms with van der Waals surface area (Å²) in [7, 11) is 0. The molecule has 0 saturated carbocycles. The summed E-state index contributed by atoms with van der Waals surface area (Å²) in [6.07, 6.45) is 1.80. The molecule has 0 spiro atoms. The third-order valence-corrected chi connectivity index (χ3v) is 1.62. The Bertz CT molecular complexity index is 127. The Morgan fingerprint density at radius 2 is 2.44 bits per heavy atom. The van der Waals surface area contributed by atoms with Gasteiger partial charge in [0.15, 0.2) is 0 Å². The van der Waals surface area contributed by atoms with Crippen molar-refractivity contribution in [1.29, 1.82) is 5.26 Å². The topological polar surface area (TPSA) is 61.8 Å². The van der Waals surface area contributed by atoms with Gasteiger partial charge in [-0.3, -0.25) is 0 Å². The lowest BCUT2D eigenvalue weighted by molar-refractivity contribution is 0.356. The van der Waals surface area contributed by atoms with E-state index in [4.69, 9.17) is 11.0 Å². The van der Waals surface area contributed by atoms with Crippen molar-refractivity contribution < 1.29 is 0 Å². The standard InChI is InChI=1S/C6H11N3/c7-4-5-1-2-9-6(8)3-5/h5-6,9H,1-3,8H2. The van der Waals surface area contributed by atoms with Crippen molar-refractivity contribution in [2.75, 3.05) is 6.54 Å². The van der Waals surface area contributed by atoms with Crippen LogP contribution in [0.3, 0.4) is 0 Å². The second-order valence-electron chi connectivity index (χ2n) is 2.41. The molecule has 2 unspecified atom stereocenters. The SMILES string of the molecule is N#CC1CCNC(N)C1. The second-order valence-corrected chi connectivity index (χ2v) is 2.41. The minimum atomic E-state index is 0.0448. The van der Waals surface area contributed by atoms with E-state index in [1.54, 1.807) is 0 Å². The van der Waals surface area contributed by atoms with E-state index in [0.29, 0.717) is 0 Å². The summed E-state index contributed by atoms with van der Waals surface area (Å²) in [6.45, 7) is 0.888. The second kappa shape index (κ2) is 2.81. The molecular formula is C6H11N3. The van der Waals surface area contributed by atoms with Crippen LogP contribution in [0.15, 0.2) is 0 Å². The molecule has 9 heavy (non-hydrogen) atoms. The van der Waals surface area contributed by atoms with Crippen LogP contribution >= 0.6 is 0 Å². The van der Waals surface area contributed by atoms with Gasteiger partial charge >= 0.3 is 0 Å². The molecule has 0 aromatic carbocycles. The van der Waals surface area contributed by atoms with E-state index in [2.05, 4.69) is 11.4 Å². The predicted molar refractivity (Wildman–Crippen MR) is 34.3 cm³/mol. The summed E-state index contributed by atoms with van der Waals surface area (Å²) >= 11 is 0. The first kappa shape index (κ1) is 6.53. The van der Waals surface area contributed by atoms with Gasteiger partial charge in [0.25, 0.3) is 0 Å². The maximum absolute atomic E-state index is 8.48. The maximum atomic E-state index is 8.48. The molecule has 1 saturated heterocycles. The van der Waals surface area contributed by atoms with E-state index in [1.165, 1.54) is 0 Å². The molecule has 3 heteroatoms. The zero-order valence-electron chi connectivity index (χ0n) is 5.30. The lowest BCUT2D eigenvalue weighted by atomic mass is 9.98. The number of hydrogen-bond acceptors (Lipinski definition) is 3. The van der Waals surface area contributed by atoms with Crippen LogP contribution < -0.4 is 11.1 Å². The zero-order valence-corrected chi connectivity index (χ0v) is 5.30. The van der Waals surface area contributed by atoms with Gasteiger partial charge in [0, 0.05) is 0 Å². The van der Waals surface area contributed by atoms with Gasteiger partial charge in [-0.25, -0.2) is 0 Å². The highest BCUT2D eigenvalue weighted by molar-refractivity contribution is 4.88. The number of piperidine rings is 1. The number of nitrogens with two attached hydrogens (primary N) is 1. The van der Waals surface area contributed by atoms with Crippen molar-refractivity contribution in [3.8, 4) is 6.07 Å². The number of rotatable bonds is 0. The molecule has 0 aliphatic carbocycles. The number of hydrogen-bond donors (Lipinski definition) is 2. The average Bonchev–Trinajstić information content (AvgIpc) is 1.88. The quantitative estimate of drug-likeness (QED) is 0.471. The lowest BCUT2D eigenvalue weighted by Crippen LogP contribution is -2.43. The Kier molecular flexibility index (Phi) is 2.04. The summed E-state index contributed by atoms with van der Waals surface area (Å²) in [5.41, 5.74) is 5.54. The van der Waals surface area contributed by atoms with E-state index in [9.17, 15) is 0 Å². The van der Waals surface area contributed by atoms with E-state index in [-0.39, 0.29) is 12.1 Å². The van der Waals surface area contributed by atoms with Crippen LogP contribution in [-0.4, -0.2) is 12.7 Å². The third kappa shape index (κ3) is 1.67. The number of nitriles is 1. The van der Waals surface area contributed by atoms with Crippen molar-refractivity contribution in [3.63, 3.8) is 0 Å². The predicted octanol–water partition coefficient (Wildman–Crippen LogP) is -0.206. The van der Waals surface area contributed by atoms with Gasteiger partial charge in [-0.2, -0.15) is 5.26 Å². The Morgan fingerprint density at radius 3 is 2.89 bits per heavy atom. The van der Waals surface area contributed by atoms with Gasteiger partial charge in [-0.15, -0.1) is 0 Å². The molecule has 1 heterocycles. The van der Waals surface area contributed by atoms with Gasteiger partial charge in [0.2, 0.25) is 0 Å². The molecule has 1 rings (SSSR count). The fourth-order valence-electron chi connectivity index (χ4n) is 1.07. The molecule has 2 atom stereocenters. The van der Waals surface area contributed by atoms with Crippen molar-refractivity contribution in [3.05, 3.63) is 0 Å². The van der Waals surface area contributed by atoms with Crippen LogP contribution in [0.25, 0.3) is 0 Å². The highest BCUT2D eigenvalue weighted by Crippen LogP contribution is 2.11. The van der Waals surface area contributed by atoms with Gasteiger partial charge in [-0.1, -0.05) is 0 Å². The fraction of sp³-hybridized carbons (Fsp3) is 0.833. The van der Waals surface area contributed by atoms with Crippen molar-refractivity contribution in [2.45, 2.75) is 19.0 Å². The Hall–Kier alpha value is -0.590. The molecule has 0 aromatic heterocycles. The normalized spacial score (nSPS) is 35.6. The molecule has 3 nitrogen and oxygen atoms in total. The summed E-state index contributed by atoms with van der Waals surface area (Å²) in [5.74, 6) is 0.182. The lowest BCUT2D eigenvalue weighted by Gasteiger charge is -2.22. The zero-order chi connectivity index (χ0) is 6.69. The minimum Gasteiger partial charge on any atom is -0.316 e. The molecule has 1 aliphatic rings. The van der Waals surface area contributed by atoms with Crippen LogP contribution in [0.1, 0.15) is 12.8 Å². The largest absolute Gasteiger partial charge is 0.316 e. The molecule has 0 radical (unpaired) electrons. The fourth-order valence-corrected chi connectivity index (χ4v) is 1.07.